The van der Waals surface area contributed by atoms with Gasteiger partial charge in [-0.3, -0.25) is 0 Å². The quantitative estimate of drug-likeness (QED) is 0.837. The molecule has 1 aromatic rings. The molecule has 0 bridgehead atoms. The van der Waals surface area contributed by atoms with E-state index < -0.39 is 9.84 Å². The molecule has 5 heteroatoms. The molecule has 0 saturated carbocycles. The fourth-order valence-corrected chi connectivity index (χ4v) is 2.79. The average molecular weight is 233 g/mol. The van der Waals surface area contributed by atoms with Crippen LogP contribution in [0.2, 0.25) is 0 Å². The van der Waals surface area contributed by atoms with Crippen molar-refractivity contribution in [3.05, 3.63) is 22.4 Å². The van der Waals surface area contributed by atoms with Crippen LogP contribution < -0.4 is 5.32 Å². The van der Waals surface area contributed by atoms with Crippen LogP contribution in [0.25, 0.3) is 0 Å². The first-order valence-corrected chi connectivity index (χ1v) is 7.35. The Labute approximate surface area is 89.1 Å². The van der Waals surface area contributed by atoms with Gasteiger partial charge in [-0.15, -0.1) is 11.3 Å². The van der Waals surface area contributed by atoms with Crippen molar-refractivity contribution in [2.75, 3.05) is 19.1 Å². The van der Waals surface area contributed by atoms with Gasteiger partial charge in [-0.25, -0.2) is 8.42 Å². The molecule has 3 nitrogen and oxygen atoms in total. The van der Waals surface area contributed by atoms with E-state index in [2.05, 4.69) is 5.32 Å². The molecule has 1 heterocycles. The van der Waals surface area contributed by atoms with E-state index in [1.807, 2.05) is 24.6 Å². The summed E-state index contributed by atoms with van der Waals surface area (Å²) < 4.78 is 22.0. The van der Waals surface area contributed by atoms with Gasteiger partial charge in [-0.05, 0) is 24.9 Å². The van der Waals surface area contributed by atoms with Crippen molar-refractivity contribution >= 4 is 21.2 Å². The molecule has 1 unspecified atom stereocenters. The Balaban J connectivity index is 2.57. The second-order valence-corrected chi connectivity index (χ2v) is 6.51. The van der Waals surface area contributed by atoms with E-state index in [-0.39, 0.29) is 11.8 Å². The molecular formula is C9H15NO2S2. The van der Waals surface area contributed by atoms with E-state index in [4.69, 9.17) is 0 Å². The maximum absolute atomic E-state index is 11.0. The SMILES string of the molecule is CNC(CCS(C)(=O)=O)c1cccs1. The van der Waals surface area contributed by atoms with Gasteiger partial charge in [0.2, 0.25) is 0 Å². The number of hydrogen-bond acceptors (Lipinski definition) is 4. The van der Waals surface area contributed by atoms with Crippen LogP contribution in [0.4, 0.5) is 0 Å². The molecule has 0 radical (unpaired) electrons. The normalized spacial score (nSPS) is 14.1. The van der Waals surface area contributed by atoms with E-state index in [1.165, 1.54) is 11.1 Å². The molecule has 0 aromatic carbocycles. The van der Waals surface area contributed by atoms with Crippen LogP contribution in [0, 0.1) is 0 Å². The molecule has 14 heavy (non-hydrogen) atoms. The number of nitrogens with one attached hydrogen (secondary N) is 1. The molecule has 0 aliphatic carbocycles. The van der Waals surface area contributed by atoms with Gasteiger partial charge < -0.3 is 5.32 Å². The Kier molecular flexibility index (Phi) is 4.10. The third-order valence-electron chi connectivity index (χ3n) is 2.01. The zero-order valence-corrected chi connectivity index (χ0v) is 9.99. The molecule has 1 rings (SSSR count). The van der Waals surface area contributed by atoms with Crippen LogP contribution in [-0.4, -0.2) is 27.5 Å². The zero-order chi connectivity index (χ0) is 10.6. The minimum atomic E-state index is -2.86. The Hall–Kier alpha value is -0.390. The third-order valence-corrected chi connectivity index (χ3v) is 3.98. The van der Waals surface area contributed by atoms with Crippen molar-refractivity contribution in [3.63, 3.8) is 0 Å². The Morgan fingerprint density at radius 1 is 1.57 bits per heavy atom. The summed E-state index contributed by atoms with van der Waals surface area (Å²) in [5, 5.41) is 5.12. The van der Waals surface area contributed by atoms with Crippen molar-refractivity contribution in [3.8, 4) is 0 Å². The van der Waals surface area contributed by atoms with Crippen molar-refractivity contribution in [1.29, 1.82) is 0 Å². The molecule has 0 fully saturated rings. The van der Waals surface area contributed by atoms with Gasteiger partial charge in [0, 0.05) is 17.2 Å². The van der Waals surface area contributed by atoms with Crippen LogP contribution in [0.1, 0.15) is 17.3 Å². The Morgan fingerprint density at radius 2 is 2.29 bits per heavy atom. The summed E-state index contributed by atoms with van der Waals surface area (Å²) in [6.07, 6.45) is 1.91. The predicted octanol–water partition coefficient (Wildman–Crippen LogP) is 1.44. The van der Waals surface area contributed by atoms with Gasteiger partial charge in [-0.2, -0.15) is 0 Å². The van der Waals surface area contributed by atoms with Crippen LogP contribution in [-0.2, 0) is 9.84 Å². The van der Waals surface area contributed by atoms with E-state index in [0.29, 0.717) is 6.42 Å². The molecule has 80 valence electrons. The highest BCUT2D eigenvalue weighted by Crippen LogP contribution is 2.21. The van der Waals surface area contributed by atoms with Crippen molar-refractivity contribution in [1.82, 2.24) is 5.32 Å². The summed E-state index contributed by atoms with van der Waals surface area (Å²) in [6, 6.07) is 4.16. The average Bonchev–Trinajstić information content (AvgIpc) is 2.56. The number of rotatable bonds is 5. The molecule has 0 spiro atoms. The second kappa shape index (κ2) is 4.91. The standard InChI is InChI=1S/C9H15NO2S2/c1-10-8(5-7-14(2,11)12)9-4-3-6-13-9/h3-4,6,8,10H,5,7H2,1-2H3. The molecule has 1 aromatic heterocycles. The van der Waals surface area contributed by atoms with Gasteiger partial charge in [0.15, 0.2) is 0 Å². The number of sulfone groups is 1. The Bertz CT molecular complexity index is 356. The fourth-order valence-electron chi connectivity index (χ4n) is 1.25. The van der Waals surface area contributed by atoms with Crippen molar-refractivity contribution in [2.45, 2.75) is 12.5 Å². The summed E-state index contributed by atoms with van der Waals surface area (Å²) in [4.78, 5) is 1.19. The smallest absolute Gasteiger partial charge is 0.147 e. The highest BCUT2D eigenvalue weighted by Gasteiger charge is 2.12. The molecule has 1 atom stereocenters. The largest absolute Gasteiger partial charge is 0.312 e. The summed E-state index contributed by atoms with van der Waals surface area (Å²) in [5.41, 5.74) is 0. The zero-order valence-electron chi connectivity index (χ0n) is 8.36. The topological polar surface area (TPSA) is 46.2 Å². The fraction of sp³-hybridized carbons (Fsp3) is 0.556. The molecule has 0 aliphatic rings. The van der Waals surface area contributed by atoms with Gasteiger partial charge in [0.05, 0.1) is 5.75 Å². The van der Waals surface area contributed by atoms with Crippen molar-refractivity contribution < 1.29 is 8.42 Å². The second-order valence-electron chi connectivity index (χ2n) is 3.28. The first-order valence-electron chi connectivity index (χ1n) is 4.41. The lowest BCUT2D eigenvalue weighted by Gasteiger charge is -2.13. The number of thiophene rings is 1. The minimum Gasteiger partial charge on any atom is -0.312 e. The minimum absolute atomic E-state index is 0.157. The van der Waals surface area contributed by atoms with Crippen LogP contribution in [0.5, 0.6) is 0 Å². The molecule has 1 N–H and O–H groups in total. The van der Waals surface area contributed by atoms with Gasteiger partial charge in [-0.1, -0.05) is 6.07 Å². The van der Waals surface area contributed by atoms with Crippen LogP contribution in [0.15, 0.2) is 17.5 Å². The van der Waals surface area contributed by atoms with E-state index in [9.17, 15) is 8.42 Å². The first kappa shape index (κ1) is 11.7. The number of hydrogen-bond donors (Lipinski definition) is 1. The van der Waals surface area contributed by atoms with E-state index in [0.717, 1.165) is 0 Å². The third kappa shape index (κ3) is 3.77. The highest BCUT2D eigenvalue weighted by molar-refractivity contribution is 7.90. The summed E-state index contributed by atoms with van der Waals surface area (Å²) in [6.45, 7) is 0. The van der Waals surface area contributed by atoms with E-state index in [1.54, 1.807) is 11.3 Å². The first-order chi connectivity index (χ1) is 6.53. The maximum Gasteiger partial charge on any atom is 0.147 e. The van der Waals surface area contributed by atoms with Gasteiger partial charge in [0.1, 0.15) is 9.84 Å². The maximum atomic E-state index is 11.0. The van der Waals surface area contributed by atoms with Crippen LogP contribution in [0.3, 0.4) is 0 Å². The highest BCUT2D eigenvalue weighted by atomic mass is 32.2. The summed E-state index contributed by atoms with van der Waals surface area (Å²) in [5.74, 6) is 0.233. The predicted molar refractivity (Wildman–Crippen MR) is 60.4 cm³/mol. The lowest BCUT2D eigenvalue weighted by atomic mass is 10.2. The molecule has 0 amide bonds. The summed E-state index contributed by atoms with van der Waals surface area (Å²) in [7, 11) is -1.00. The van der Waals surface area contributed by atoms with Crippen LogP contribution >= 0.6 is 11.3 Å². The lowest BCUT2D eigenvalue weighted by Crippen LogP contribution is -2.18. The molecular weight excluding hydrogens is 218 g/mol. The Morgan fingerprint density at radius 3 is 2.71 bits per heavy atom. The molecule has 0 saturated heterocycles. The monoisotopic (exact) mass is 233 g/mol. The van der Waals surface area contributed by atoms with Gasteiger partial charge >= 0.3 is 0 Å². The summed E-state index contributed by atoms with van der Waals surface area (Å²) >= 11 is 1.65. The van der Waals surface area contributed by atoms with E-state index >= 15 is 0 Å². The molecule has 0 aliphatic heterocycles. The van der Waals surface area contributed by atoms with Crippen molar-refractivity contribution in [2.24, 2.45) is 0 Å². The van der Waals surface area contributed by atoms with Gasteiger partial charge in [0.25, 0.3) is 0 Å². The lowest BCUT2D eigenvalue weighted by molar-refractivity contribution is 0.565.